The third kappa shape index (κ3) is 3.60. The van der Waals surface area contributed by atoms with Gasteiger partial charge in [-0.15, -0.1) is 0 Å². The Kier molecular flexibility index (Phi) is 6.51. The minimum atomic E-state index is 0.693. The van der Waals surface area contributed by atoms with Gasteiger partial charge in [-0.2, -0.15) is 0 Å². The van der Waals surface area contributed by atoms with E-state index in [0.29, 0.717) is 5.41 Å². The van der Waals surface area contributed by atoms with Gasteiger partial charge in [0.1, 0.15) is 0 Å². The summed E-state index contributed by atoms with van der Waals surface area (Å²) in [5, 5.41) is 0. The maximum absolute atomic E-state index is 2.36. The summed E-state index contributed by atoms with van der Waals surface area (Å²) < 4.78 is 0. The van der Waals surface area contributed by atoms with Gasteiger partial charge >= 0.3 is 0 Å². The average molecular weight is 170 g/mol. The maximum Gasteiger partial charge on any atom is -0.0300 e. The van der Waals surface area contributed by atoms with E-state index in [1.807, 2.05) is 0 Å². The van der Waals surface area contributed by atoms with Gasteiger partial charge in [0.15, 0.2) is 0 Å². The molecule has 0 aliphatic heterocycles. The van der Waals surface area contributed by atoms with Gasteiger partial charge in [-0.3, -0.25) is 0 Å². The quantitative estimate of drug-likeness (QED) is 0.515. The van der Waals surface area contributed by atoms with Crippen LogP contribution in [0.25, 0.3) is 0 Å². The van der Waals surface area contributed by atoms with Crippen molar-refractivity contribution in [2.75, 3.05) is 0 Å². The van der Waals surface area contributed by atoms with Crippen LogP contribution in [0.4, 0.5) is 0 Å². The van der Waals surface area contributed by atoms with Gasteiger partial charge in [-0.05, 0) is 24.7 Å². The van der Waals surface area contributed by atoms with E-state index >= 15 is 0 Å². The van der Waals surface area contributed by atoms with Crippen LogP contribution in [0, 0.1) is 5.41 Å². The highest BCUT2D eigenvalue weighted by Gasteiger charge is 2.24. The summed E-state index contributed by atoms with van der Waals surface area (Å²) in [7, 11) is 0. The highest BCUT2D eigenvalue weighted by atomic mass is 14.3. The van der Waals surface area contributed by atoms with E-state index in [2.05, 4.69) is 27.7 Å². The predicted molar refractivity (Wildman–Crippen MR) is 57.4 cm³/mol. The highest BCUT2D eigenvalue weighted by Crippen LogP contribution is 2.37. The van der Waals surface area contributed by atoms with Crippen LogP contribution in [-0.2, 0) is 0 Å². The van der Waals surface area contributed by atoms with Gasteiger partial charge < -0.3 is 0 Å². The fraction of sp³-hybridized carbons (Fsp3) is 1.00. The molecule has 0 bridgehead atoms. The molecule has 0 spiro atoms. The van der Waals surface area contributed by atoms with Crippen LogP contribution < -0.4 is 0 Å². The molecule has 0 N–H and O–H groups in total. The van der Waals surface area contributed by atoms with E-state index in [0.717, 1.165) is 0 Å². The first kappa shape index (κ1) is 12.0. The molecule has 0 saturated heterocycles. The second kappa shape index (κ2) is 6.51. The van der Waals surface area contributed by atoms with Crippen molar-refractivity contribution in [2.45, 2.75) is 72.6 Å². The topological polar surface area (TPSA) is 0 Å². The van der Waals surface area contributed by atoms with Crippen molar-refractivity contribution in [3.8, 4) is 0 Å². The van der Waals surface area contributed by atoms with E-state index < -0.39 is 0 Å². The van der Waals surface area contributed by atoms with Gasteiger partial charge in [0.2, 0.25) is 0 Å². The van der Waals surface area contributed by atoms with Crippen molar-refractivity contribution in [1.82, 2.24) is 0 Å². The molecule has 0 heteroatoms. The zero-order chi connectivity index (χ0) is 9.45. The lowest BCUT2D eigenvalue weighted by Gasteiger charge is -2.32. The number of hydrogen-bond acceptors (Lipinski definition) is 0. The molecule has 12 heavy (non-hydrogen) atoms. The second-order valence-electron chi connectivity index (χ2n) is 4.10. The van der Waals surface area contributed by atoms with Crippen molar-refractivity contribution < 1.29 is 0 Å². The van der Waals surface area contributed by atoms with Crippen LogP contribution >= 0.6 is 0 Å². The Morgan fingerprint density at radius 3 is 1.17 bits per heavy atom. The third-order valence-corrected chi connectivity index (χ3v) is 3.09. The van der Waals surface area contributed by atoms with Crippen molar-refractivity contribution in [1.29, 1.82) is 0 Å². The molecule has 0 heterocycles. The van der Waals surface area contributed by atoms with Crippen molar-refractivity contribution in [2.24, 2.45) is 5.41 Å². The summed E-state index contributed by atoms with van der Waals surface area (Å²) in [5.74, 6) is 0. The van der Waals surface area contributed by atoms with Crippen LogP contribution in [0.2, 0.25) is 0 Å². The predicted octanol–water partition coefficient (Wildman–Crippen LogP) is 4.78. The summed E-state index contributed by atoms with van der Waals surface area (Å²) in [6, 6.07) is 0. The van der Waals surface area contributed by atoms with Crippen LogP contribution in [0.15, 0.2) is 0 Å². The summed E-state index contributed by atoms with van der Waals surface area (Å²) >= 11 is 0. The Bertz CT molecular complexity index is 77.2. The van der Waals surface area contributed by atoms with E-state index in [-0.39, 0.29) is 0 Å². The summed E-state index contributed by atoms with van der Waals surface area (Å²) in [6.07, 6.45) is 9.75. The molecule has 0 aliphatic rings. The largest absolute Gasteiger partial charge is 0.0654 e. The zero-order valence-corrected chi connectivity index (χ0v) is 9.45. The molecule has 0 unspecified atom stereocenters. The van der Waals surface area contributed by atoms with Crippen LogP contribution in [0.1, 0.15) is 72.6 Å². The van der Waals surface area contributed by atoms with Gasteiger partial charge in [0, 0.05) is 0 Å². The molecule has 0 saturated carbocycles. The Labute approximate surface area is 78.8 Å². The SMILES string of the molecule is CCCC(CC)(CCC)CCC. The lowest BCUT2D eigenvalue weighted by molar-refractivity contribution is 0.202. The Morgan fingerprint density at radius 2 is 1.00 bits per heavy atom. The highest BCUT2D eigenvalue weighted by molar-refractivity contribution is 4.76. The lowest BCUT2D eigenvalue weighted by Crippen LogP contribution is -2.19. The second-order valence-corrected chi connectivity index (χ2v) is 4.10. The number of rotatable bonds is 7. The molecule has 0 aromatic rings. The molecular formula is C12H26. The van der Waals surface area contributed by atoms with Crippen LogP contribution in [-0.4, -0.2) is 0 Å². The molecule has 0 aromatic carbocycles. The maximum atomic E-state index is 2.36. The fourth-order valence-corrected chi connectivity index (χ4v) is 2.50. The molecule has 0 nitrogen and oxygen atoms in total. The molecular weight excluding hydrogens is 144 g/mol. The summed E-state index contributed by atoms with van der Waals surface area (Å²) in [6.45, 7) is 9.31. The van der Waals surface area contributed by atoms with Gasteiger partial charge in [-0.1, -0.05) is 53.4 Å². The summed E-state index contributed by atoms with van der Waals surface area (Å²) in [4.78, 5) is 0. The van der Waals surface area contributed by atoms with E-state index in [9.17, 15) is 0 Å². The minimum absolute atomic E-state index is 0.693. The minimum Gasteiger partial charge on any atom is -0.0654 e. The Morgan fingerprint density at radius 1 is 0.667 bits per heavy atom. The van der Waals surface area contributed by atoms with Gasteiger partial charge in [0.05, 0.1) is 0 Å². The molecule has 0 atom stereocenters. The Balaban J connectivity index is 4.06. The zero-order valence-electron chi connectivity index (χ0n) is 9.45. The first-order valence-electron chi connectivity index (χ1n) is 5.74. The molecule has 0 rings (SSSR count). The lowest BCUT2D eigenvalue weighted by atomic mass is 9.74. The van der Waals surface area contributed by atoms with E-state index in [1.165, 1.54) is 44.9 Å². The van der Waals surface area contributed by atoms with Gasteiger partial charge in [-0.25, -0.2) is 0 Å². The molecule has 0 amide bonds. The van der Waals surface area contributed by atoms with Crippen molar-refractivity contribution in [3.05, 3.63) is 0 Å². The van der Waals surface area contributed by atoms with Gasteiger partial charge in [0.25, 0.3) is 0 Å². The van der Waals surface area contributed by atoms with E-state index in [1.54, 1.807) is 0 Å². The van der Waals surface area contributed by atoms with Crippen molar-refractivity contribution in [3.63, 3.8) is 0 Å². The summed E-state index contributed by atoms with van der Waals surface area (Å²) in [5.41, 5.74) is 0.693. The third-order valence-electron chi connectivity index (χ3n) is 3.09. The Hall–Kier alpha value is 0. The molecule has 74 valence electrons. The number of hydrogen-bond donors (Lipinski definition) is 0. The molecule has 0 aromatic heterocycles. The molecule has 0 aliphatic carbocycles. The fourth-order valence-electron chi connectivity index (χ4n) is 2.50. The van der Waals surface area contributed by atoms with Crippen molar-refractivity contribution >= 4 is 0 Å². The smallest absolute Gasteiger partial charge is 0.0300 e. The standard InChI is InChI=1S/C12H26/c1-5-9-12(8-4,10-6-2)11-7-3/h5-11H2,1-4H3. The van der Waals surface area contributed by atoms with E-state index in [4.69, 9.17) is 0 Å². The first-order valence-corrected chi connectivity index (χ1v) is 5.74. The van der Waals surface area contributed by atoms with Crippen LogP contribution in [0.3, 0.4) is 0 Å². The van der Waals surface area contributed by atoms with Crippen LogP contribution in [0.5, 0.6) is 0 Å². The normalized spacial score (nSPS) is 12.0. The first-order chi connectivity index (χ1) is 5.74. The molecule has 0 radical (unpaired) electrons. The average Bonchev–Trinajstić information content (AvgIpc) is 2.06. The molecule has 0 fully saturated rings. The monoisotopic (exact) mass is 170 g/mol.